The number of rotatable bonds is 4. The molecule has 1 N–H and O–H groups in total. The van der Waals surface area contributed by atoms with Gasteiger partial charge in [-0.3, -0.25) is 0 Å². The van der Waals surface area contributed by atoms with Gasteiger partial charge in [0, 0.05) is 16.7 Å². The van der Waals surface area contributed by atoms with Crippen molar-refractivity contribution in [2.75, 3.05) is 7.11 Å². The third kappa shape index (κ3) is 3.00. The Labute approximate surface area is 113 Å². The second-order valence-electron chi connectivity index (χ2n) is 3.56. The zero-order chi connectivity index (χ0) is 13.0. The molecule has 0 radical (unpaired) electrons. The van der Waals surface area contributed by atoms with Gasteiger partial charge in [-0.25, -0.2) is 4.98 Å². The van der Waals surface area contributed by atoms with Gasteiger partial charge in [0.05, 0.1) is 13.7 Å². The first-order valence-corrected chi connectivity index (χ1v) is 6.09. The van der Waals surface area contributed by atoms with Gasteiger partial charge in [0.15, 0.2) is 11.5 Å². The third-order valence-electron chi connectivity index (χ3n) is 2.33. The van der Waals surface area contributed by atoms with E-state index in [1.165, 1.54) is 0 Å². The number of hydrogen-bond acceptors (Lipinski definition) is 4. The Hall–Kier alpha value is -1.59. The molecule has 5 heteroatoms. The summed E-state index contributed by atoms with van der Waals surface area (Å²) >= 11 is 3.31. The van der Waals surface area contributed by atoms with Crippen molar-refractivity contribution in [1.82, 2.24) is 4.98 Å². The summed E-state index contributed by atoms with van der Waals surface area (Å²) in [5.74, 6) is 1.60. The second kappa shape index (κ2) is 5.84. The van der Waals surface area contributed by atoms with E-state index >= 15 is 0 Å². The molecule has 1 aromatic carbocycles. The number of aliphatic hydroxyl groups is 1. The number of methoxy groups -OCH3 is 1. The Morgan fingerprint density at radius 3 is 2.67 bits per heavy atom. The SMILES string of the molecule is COc1cc(CO)ccc1Oc1ccc(Br)cn1. The number of ether oxygens (including phenoxy) is 2. The summed E-state index contributed by atoms with van der Waals surface area (Å²) in [6.07, 6.45) is 1.66. The van der Waals surface area contributed by atoms with Crippen LogP contribution in [0.4, 0.5) is 0 Å². The normalized spacial score (nSPS) is 10.2. The molecule has 0 fully saturated rings. The monoisotopic (exact) mass is 309 g/mol. The molecule has 1 heterocycles. The van der Waals surface area contributed by atoms with E-state index in [0.717, 1.165) is 10.0 Å². The first-order chi connectivity index (χ1) is 8.72. The maximum absolute atomic E-state index is 9.05. The summed E-state index contributed by atoms with van der Waals surface area (Å²) in [6.45, 7) is -0.0345. The Morgan fingerprint density at radius 1 is 1.22 bits per heavy atom. The molecular formula is C13H12BrNO3. The quantitative estimate of drug-likeness (QED) is 0.942. The molecule has 4 nitrogen and oxygen atoms in total. The summed E-state index contributed by atoms with van der Waals surface area (Å²) in [7, 11) is 1.55. The van der Waals surface area contributed by atoms with Crippen LogP contribution in [0.25, 0.3) is 0 Å². The fourth-order valence-electron chi connectivity index (χ4n) is 1.43. The average Bonchev–Trinajstić information content (AvgIpc) is 2.41. The van der Waals surface area contributed by atoms with Crippen molar-refractivity contribution in [3.63, 3.8) is 0 Å². The summed E-state index contributed by atoms with van der Waals surface area (Å²) in [4.78, 5) is 4.12. The fraction of sp³-hybridized carbons (Fsp3) is 0.154. The number of halogens is 1. The van der Waals surface area contributed by atoms with Gasteiger partial charge in [0.25, 0.3) is 0 Å². The number of aromatic nitrogens is 1. The van der Waals surface area contributed by atoms with Crippen LogP contribution in [-0.2, 0) is 6.61 Å². The van der Waals surface area contributed by atoms with Crippen LogP contribution in [0.1, 0.15) is 5.56 Å². The van der Waals surface area contributed by atoms with E-state index in [1.807, 2.05) is 6.07 Å². The van der Waals surface area contributed by atoms with E-state index in [2.05, 4.69) is 20.9 Å². The Kier molecular flexibility index (Phi) is 4.17. The van der Waals surface area contributed by atoms with Gasteiger partial charge >= 0.3 is 0 Å². The summed E-state index contributed by atoms with van der Waals surface area (Å²) in [5, 5.41) is 9.05. The molecule has 0 spiro atoms. The Balaban J connectivity index is 2.25. The summed E-state index contributed by atoms with van der Waals surface area (Å²) in [6, 6.07) is 8.85. The van der Waals surface area contributed by atoms with Crippen LogP contribution in [0.5, 0.6) is 17.4 Å². The molecule has 0 saturated heterocycles. The highest BCUT2D eigenvalue weighted by Crippen LogP contribution is 2.31. The van der Waals surface area contributed by atoms with Crippen LogP contribution in [0.15, 0.2) is 41.0 Å². The van der Waals surface area contributed by atoms with E-state index < -0.39 is 0 Å². The molecular weight excluding hydrogens is 298 g/mol. The topological polar surface area (TPSA) is 51.6 Å². The average molecular weight is 310 g/mol. The van der Waals surface area contributed by atoms with E-state index in [-0.39, 0.29) is 6.61 Å². The zero-order valence-electron chi connectivity index (χ0n) is 9.76. The predicted octanol–water partition coefficient (Wildman–Crippen LogP) is 3.14. The van der Waals surface area contributed by atoms with Crippen molar-refractivity contribution < 1.29 is 14.6 Å². The summed E-state index contributed by atoms with van der Waals surface area (Å²) < 4.78 is 11.7. The molecule has 0 unspecified atom stereocenters. The zero-order valence-corrected chi connectivity index (χ0v) is 11.3. The molecule has 0 aliphatic heterocycles. The van der Waals surface area contributed by atoms with Crippen LogP contribution in [-0.4, -0.2) is 17.2 Å². The molecule has 2 aromatic rings. The molecule has 1 aromatic heterocycles. The second-order valence-corrected chi connectivity index (χ2v) is 4.48. The van der Waals surface area contributed by atoms with E-state index in [1.54, 1.807) is 37.6 Å². The van der Waals surface area contributed by atoms with E-state index in [0.29, 0.717) is 17.4 Å². The summed E-state index contributed by atoms with van der Waals surface area (Å²) in [5.41, 5.74) is 0.767. The van der Waals surface area contributed by atoms with E-state index in [4.69, 9.17) is 14.6 Å². The highest BCUT2D eigenvalue weighted by atomic mass is 79.9. The molecule has 0 aliphatic carbocycles. The fourth-order valence-corrected chi connectivity index (χ4v) is 1.66. The van der Waals surface area contributed by atoms with E-state index in [9.17, 15) is 0 Å². The minimum atomic E-state index is -0.0345. The number of benzene rings is 1. The van der Waals surface area contributed by atoms with Gasteiger partial charge in [0.1, 0.15) is 0 Å². The standard InChI is InChI=1S/C13H12BrNO3/c1-17-12-6-9(8-16)2-4-11(12)18-13-5-3-10(14)7-15-13/h2-7,16H,8H2,1H3. The highest BCUT2D eigenvalue weighted by Gasteiger charge is 2.07. The smallest absolute Gasteiger partial charge is 0.219 e. The highest BCUT2D eigenvalue weighted by molar-refractivity contribution is 9.10. The molecule has 0 amide bonds. The molecule has 0 atom stereocenters. The minimum absolute atomic E-state index is 0.0345. The first-order valence-electron chi connectivity index (χ1n) is 5.30. The van der Waals surface area contributed by atoms with Crippen molar-refractivity contribution in [2.24, 2.45) is 0 Å². The third-order valence-corrected chi connectivity index (χ3v) is 2.79. The lowest BCUT2D eigenvalue weighted by molar-refractivity contribution is 0.280. The molecule has 2 rings (SSSR count). The first kappa shape index (κ1) is 12.9. The number of pyridine rings is 1. The largest absolute Gasteiger partial charge is 0.493 e. The van der Waals surface area contributed by atoms with Crippen molar-refractivity contribution in [3.05, 3.63) is 46.6 Å². The van der Waals surface area contributed by atoms with Gasteiger partial charge in [-0.15, -0.1) is 0 Å². The Morgan fingerprint density at radius 2 is 2.06 bits per heavy atom. The lowest BCUT2D eigenvalue weighted by Gasteiger charge is -2.10. The lowest BCUT2D eigenvalue weighted by Crippen LogP contribution is -1.93. The van der Waals surface area contributed by atoms with Gasteiger partial charge < -0.3 is 14.6 Å². The lowest BCUT2D eigenvalue weighted by atomic mass is 10.2. The van der Waals surface area contributed by atoms with Gasteiger partial charge in [-0.1, -0.05) is 6.07 Å². The van der Waals surface area contributed by atoms with Crippen molar-refractivity contribution in [2.45, 2.75) is 6.61 Å². The van der Waals surface area contributed by atoms with Gasteiger partial charge in [-0.2, -0.15) is 0 Å². The Bertz CT molecular complexity index is 528. The molecule has 94 valence electrons. The molecule has 0 aliphatic rings. The molecule has 0 saturated carbocycles. The maximum atomic E-state index is 9.05. The number of nitrogens with zero attached hydrogens (tertiary/aromatic N) is 1. The maximum Gasteiger partial charge on any atom is 0.219 e. The molecule has 0 bridgehead atoms. The predicted molar refractivity (Wildman–Crippen MR) is 70.9 cm³/mol. The van der Waals surface area contributed by atoms with Crippen LogP contribution in [0, 0.1) is 0 Å². The van der Waals surface area contributed by atoms with Crippen LogP contribution >= 0.6 is 15.9 Å². The van der Waals surface area contributed by atoms with Gasteiger partial charge in [-0.05, 0) is 39.7 Å². The minimum Gasteiger partial charge on any atom is -0.493 e. The van der Waals surface area contributed by atoms with Crippen LogP contribution in [0.2, 0.25) is 0 Å². The van der Waals surface area contributed by atoms with Crippen LogP contribution in [0.3, 0.4) is 0 Å². The number of aliphatic hydroxyl groups excluding tert-OH is 1. The van der Waals surface area contributed by atoms with Crippen molar-refractivity contribution in [3.8, 4) is 17.4 Å². The molecule has 18 heavy (non-hydrogen) atoms. The van der Waals surface area contributed by atoms with Crippen LogP contribution < -0.4 is 9.47 Å². The van der Waals surface area contributed by atoms with Gasteiger partial charge in [0.2, 0.25) is 5.88 Å². The van der Waals surface area contributed by atoms with Crippen molar-refractivity contribution >= 4 is 15.9 Å². The number of hydrogen-bond donors (Lipinski definition) is 1. The van der Waals surface area contributed by atoms with Crippen molar-refractivity contribution in [1.29, 1.82) is 0 Å².